The van der Waals surface area contributed by atoms with Crippen molar-refractivity contribution in [2.24, 2.45) is 5.41 Å². The fourth-order valence-corrected chi connectivity index (χ4v) is 2.11. The zero-order chi connectivity index (χ0) is 12.2. The van der Waals surface area contributed by atoms with E-state index >= 15 is 0 Å². The Kier molecular flexibility index (Phi) is 4.54. The molecule has 0 spiro atoms. The summed E-state index contributed by atoms with van der Waals surface area (Å²) in [6, 6.07) is 0. The molecule has 1 aliphatic rings. The molecule has 16 heavy (non-hydrogen) atoms. The minimum absolute atomic E-state index is 0.0138. The van der Waals surface area contributed by atoms with Crippen LogP contribution >= 0.6 is 11.6 Å². The highest BCUT2D eigenvalue weighted by Gasteiger charge is 2.48. The summed E-state index contributed by atoms with van der Waals surface area (Å²) in [5, 5.41) is 0.600. The predicted octanol–water partition coefficient (Wildman–Crippen LogP) is 2.82. The average molecular weight is 245 g/mol. The third-order valence-corrected chi connectivity index (χ3v) is 3.09. The van der Waals surface area contributed by atoms with Gasteiger partial charge in [0.15, 0.2) is 5.78 Å². The zero-order valence-corrected chi connectivity index (χ0v) is 10.5. The average Bonchev–Trinajstić information content (AvgIpc) is 2.58. The minimum atomic E-state index is -0.966. The molecule has 90 valence electrons. The molecule has 0 aromatic heterocycles. The molecule has 1 rings (SSSR count). The summed E-state index contributed by atoms with van der Waals surface area (Å²) in [5.41, 5.74) is -0.966. The van der Waals surface area contributed by atoms with Gasteiger partial charge in [0.1, 0.15) is 5.41 Å². The number of rotatable bonds is 4. The largest absolute Gasteiger partial charge is 0.465 e. The van der Waals surface area contributed by atoms with Crippen molar-refractivity contribution in [2.75, 3.05) is 6.61 Å². The van der Waals surface area contributed by atoms with Gasteiger partial charge in [0.05, 0.1) is 6.61 Å². The maximum Gasteiger partial charge on any atom is 0.319 e. The maximum absolute atomic E-state index is 11.9. The monoisotopic (exact) mass is 244 g/mol. The van der Waals surface area contributed by atoms with Crippen LogP contribution < -0.4 is 0 Å². The quantitative estimate of drug-likeness (QED) is 0.564. The van der Waals surface area contributed by atoms with Gasteiger partial charge in [0.2, 0.25) is 0 Å². The highest BCUT2D eigenvalue weighted by molar-refractivity contribution is 6.29. The molecule has 1 saturated carbocycles. The first-order chi connectivity index (χ1) is 7.53. The molecule has 0 aromatic carbocycles. The molecule has 0 aliphatic heterocycles. The van der Waals surface area contributed by atoms with Crippen LogP contribution in [0.1, 0.15) is 39.5 Å². The number of esters is 1. The Morgan fingerprint density at radius 2 is 2.31 bits per heavy atom. The van der Waals surface area contributed by atoms with Crippen molar-refractivity contribution >= 4 is 23.4 Å². The van der Waals surface area contributed by atoms with Gasteiger partial charge in [-0.2, -0.15) is 0 Å². The number of carbonyl (C=O) groups is 2. The Labute approximate surface area is 101 Å². The molecule has 0 saturated heterocycles. The molecule has 1 fully saturated rings. The Hall–Kier alpha value is -0.830. The van der Waals surface area contributed by atoms with E-state index in [0.717, 1.165) is 6.42 Å². The zero-order valence-electron chi connectivity index (χ0n) is 9.72. The summed E-state index contributed by atoms with van der Waals surface area (Å²) in [6.45, 7) is 3.78. The minimum Gasteiger partial charge on any atom is -0.465 e. The normalized spacial score (nSPS) is 25.9. The maximum atomic E-state index is 11.9. The second-order valence-electron chi connectivity index (χ2n) is 4.07. The molecule has 0 bridgehead atoms. The third kappa shape index (κ3) is 2.64. The van der Waals surface area contributed by atoms with Crippen molar-refractivity contribution in [3.63, 3.8) is 0 Å². The number of allylic oxidation sites excluding steroid dienone is 2. The Morgan fingerprint density at radius 3 is 2.75 bits per heavy atom. The van der Waals surface area contributed by atoms with Gasteiger partial charge in [-0.15, -0.1) is 0 Å². The summed E-state index contributed by atoms with van der Waals surface area (Å²) in [6.07, 6.45) is 3.88. The molecular weight excluding hydrogens is 228 g/mol. The number of Topliss-reactive ketones (excluding diaryl/α,β-unsaturated/α-hetero) is 1. The molecule has 1 atom stereocenters. The van der Waals surface area contributed by atoms with Gasteiger partial charge in [-0.1, -0.05) is 17.7 Å². The van der Waals surface area contributed by atoms with E-state index in [1.165, 1.54) is 0 Å². The van der Waals surface area contributed by atoms with Crippen molar-refractivity contribution in [3.05, 3.63) is 11.1 Å². The van der Waals surface area contributed by atoms with Gasteiger partial charge in [-0.25, -0.2) is 0 Å². The van der Waals surface area contributed by atoms with Crippen molar-refractivity contribution in [1.29, 1.82) is 0 Å². The van der Waals surface area contributed by atoms with Crippen LogP contribution in [0.15, 0.2) is 11.1 Å². The van der Waals surface area contributed by atoms with E-state index < -0.39 is 11.4 Å². The van der Waals surface area contributed by atoms with E-state index in [9.17, 15) is 9.59 Å². The standard InChI is InChI=1S/C12H17ClO3/c1-3-16-11(15)12(8-6-9(2)13)7-4-5-10(12)14/h6H,3-5,7-8H2,1-2H3/b9-6-. The lowest BCUT2D eigenvalue weighted by Gasteiger charge is -2.23. The summed E-state index contributed by atoms with van der Waals surface area (Å²) in [5.74, 6) is -0.410. The molecule has 0 aromatic rings. The summed E-state index contributed by atoms with van der Waals surface area (Å²) >= 11 is 5.75. The fourth-order valence-electron chi connectivity index (χ4n) is 2.03. The van der Waals surface area contributed by atoms with Crippen molar-refractivity contribution in [3.8, 4) is 0 Å². The first kappa shape index (κ1) is 13.2. The molecular formula is C12H17ClO3. The number of ketones is 1. The van der Waals surface area contributed by atoms with Crippen molar-refractivity contribution < 1.29 is 14.3 Å². The van der Waals surface area contributed by atoms with Gasteiger partial charge in [0, 0.05) is 11.5 Å². The third-order valence-electron chi connectivity index (χ3n) is 2.94. The Bertz CT molecular complexity index is 318. The van der Waals surface area contributed by atoms with Crippen LogP contribution in [0.5, 0.6) is 0 Å². The van der Waals surface area contributed by atoms with E-state index in [2.05, 4.69) is 0 Å². The number of ether oxygens (including phenoxy) is 1. The second-order valence-corrected chi connectivity index (χ2v) is 4.67. The van der Waals surface area contributed by atoms with Gasteiger partial charge >= 0.3 is 5.97 Å². The lowest BCUT2D eigenvalue weighted by Crippen LogP contribution is -2.36. The molecule has 1 unspecified atom stereocenters. The SMILES string of the molecule is CCOC(=O)C1(C/C=C(/C)Cl)CCCC1=O. The van der Waals surface area contributed by atoms with Gasteiger partial charge in [-0.3, -0.25) is 9.59 Å². The van der Waals surface area contributed by atoms with E-state index in [0.29, 0.717) is 30.9 Å². The molecule has 0 heterocycles. The number of hydrogen-bond acceptors (Lipinski definition) is 3. The highest BCUT2D eigenvalue weighted by Crippen LogP contribution is 2.40. The first-order valence-corrected chi connectivity index (χ1v) is 5.93. The Morgan fingerprint density at radius 1 is 1.62 bits per heavy atom. The summed E-state index contributed by atoms with van der Waals surface area (Å²) in [7, 11) is 0. The fraction of sp³-hybridized carbons (Fsp3) is 0.667. The molecule has 4 heteroatoms. The molecule has 0 amide bonds. The highest BCUT2D eigenvalue weighted by atomic mass is 35.5. The van der Waals surface area contributed by atoms with Crippen molar-refractivity contribution in [2.45, 2.75) is 39.5 Å². The van der Waals surface area contributed by atoms with Gasteiger partial charge < -0.3 is 4.74 Å². The molecule has 0 N–H and O–H groups in total. The van der Waals surface area contributed by atoms with E-state index in [1.807, 2.05) is 0 Å². The van der Waals surface area contributed by atoms with E-state index in [4.69, 9.17) is 16.3 Å². The number of halogens is 1. The smallest absolute Gasteiger partial charge is 0.319 e. The lowest BCUT2D eigenvalue weighted by atomic mass is 9.81. The van der Waals surface area contributed by atoms with Crippen LogP contribution in [0.25, 0.3) is 0 Å². The molecule has 3 nitrogen and oxygen atoms in total. The topological polar surface area (TPSA) is 43.4 Å². The van der Waals surface area contributed by atoms with Crippen LogP contribution in [0, 0.1) is 5.41 Å². The van der Waals surface area contributed by atoms with E-state index in [-0.39, 0.29) is 5.78 Å². The van der Waals surface area contributed by atoms with Gasteiger partial charge in [0.25, 0.3) is 0 Å². The van der Waals surface area contributed by atoms with Crippen LogP contribution in [0.4, 0.5) is 0 Å². The second kappa shape index (κ2) is 5.48. The first-order valence-electron chi connectivity index (χ1n) is 5.55. The lowest BCUT2D eigenvalue weighted by molar-refractivity contribution is -0.158. The van der Waals surface area contributed by atoms with Crippen LogP contribution in [0.3, 0.4) is 0 Å². The van der Waals surface area contributed by atoms with Crippen molar-refractivity contribution in [1.82, 2.24) is 0 Å². The molecule has 1 aliphatic carbocycles. The van der Waals surface area contributed by atoms with Crippen LogP contribution in [-0.4, -0.2) is 18.4 Å². The summed E-state index contributed by atoms with van der Waals surface area (Å²) < 4.78 is 5.00. The number of carbonyl (C=O) groups excluding carboxylic acids is 2. The van der Waals surface area contributed by atoms with Crippen LogP contribution in [0.2, 0.25) is 0 Å². The Balaban J connectivity index is 2.89. The molecule has 0 radical (unpaired) electrons. The van der Waals surface area contributed by atoms with E-state index in [1.54, 1.807) is 19.9 Å². The predicted molar refractivity (Wildman–Crippen MR) is 62.2 cm³/mol. The summed E-state index contributed by atoms with van der Waals surface area (Å²) in [4.78, 5) is 23.7. The van der Waals surface area contributed by atoms with Gasteiger partial charge in [-0.05, 0) is 33.1 Å². The van der Waals surface area contributed by atoms with Crippen LogP contribution in [-0.2, 0) is 14.3 Å². The number of hydrogen-bond donors (Lipinski definition) is 0.